The quantitative estimate of drug-likeness (QED) is 0.453. The summed E-state index contributed by atoms with van der Waals surface area (Å²) in [6, 6.07) is 8.16. The number of alkyl halides is 2. The number of ether oxygens (including phenoxy) is 1. The van der Waals surface area contributed by atoms with Crippen LogP contribution in [0.15, 0.2) is 36.4 Å². The minimum Gasteiger partial charge on any atom is -0.454 e. The molecule has 4 nitrogen and oxygen atoms in total. The third-order valence-corrected chi connectivity index (χ3v) is 4.03. The maximum atomic E-state index is 13.5. The summed E-state index contributed by atoms with van der Waals surface area (Å²) < 4.78 is 45.7. The number of benzene rings is 2. The number of rotatable bonds is 4. The fourth-order valence-electron chi connectivity index (χ4n) is 2.30. The molecule has 0 saturated heterocycles. The minimum atomic E-state index is -2.86. The van der Waals surface area contributed by atoms with Gasteiger partial charge in [-0.15, -0.1) is 0 Å². The second-order valence-corrected chi connectivity index (χ2v) is 5.80. The Hall–Kier alpha value is -2.25. The average molecular weight is 389 g/mol. The summed E-state index contributed by atoms with van der Waals surface area (Å²) in [7, 11) is 0. The lowest BCUT2D eigenvalue weighted by atomic mass is 10.2. The Morgan fingerprint density at radius 1 is 1.20 bits per heavy atom. The Balaban J connectivity index is 1.87. The van der Waals surface area contributed by atoms with Crippen LogP contribution in [0.3, 0.4) is 0 Å². The molecule has 0 aliphatic carbocycles. The molecule has 0 fully saturated rings. The number of nitrogens with zero attached hydrogens (tertiary/aromatic N) is 2. The lowest BCUT2D eigenvalue weighted by Crippen LogP contribution is -2.11. The highest BCUT2D eigenvalue weighted by Gasteiger charge is 2.20. The normalized spacial score (nSPS) is 11.3. The Kier molecular flexibility index (Phi) is 4.87. The van der Waals surface area contributed by atoms with E-state index < -0.39 is 24.9 Å². The maximum Gasteiger partial charge on any atom is 0.340 e. The van der Waals surface area contributed by atoms with Crippen molar-refractivity contribution in [3.8, 4) is 0 Å². The van der Waals surface area contributed by atoms with Crippen molar-refractivity contribution in [3.05, 3.63) is 63.6 Å². The number of fused-ring (bicyclic) bond motifs is 1. The first kappa shape index (κ1) is 17.6. The molecule has 0 aliphatic heterocycles. The monoisotopic (exact) mass is 388 g/mol. The third kappa shape index (κ3) is 3.43. The summed E-state index contributed by atoms with van der Waals surface area (Å²) in [5, 5.41) is -0.361. The first-order valence-corrected chi connectivity index (χ1v) is 7.69. The molecule has 0 radical (unpaired) electrons. The summed E-state index contributed by atoms with van der Waals surface area (Å²) >= 11 is 11.4. The van der Waals surface area contributed by atoms with Gasteiger partial charge in [-0.05, 0) is 24.3 Å². The molecule has 0 bridgehead atoms. The summed E-state index contributed by atoms with van der Waals surface area (Å²) in [5.74, 6) is -1.97. The summed E-state index contributed by atoms with van der Waals surface area (Å²) in [6.45, 7) is -3.39. The molecule has 130 valence electrons. The van der Waals surface area contributed by atoms with Crippen molar-refractivity contribution in [1.29, 1.82) is 0 Å². The standard InChI is InChI=1S/C16H9Cl2F3N2O2/c17-9-6-10(18)11(19)5-8(9)15(24)25-7-14-22-12-3-1-2-4-13(12)23(14)16(20)21/h1-6,16H,7H2. The lowest BCUT2D eigenvalue weighted by molar-refractivity contribution is 0.0387. The van der Waals surface area contributed by atoms with Crippen LogP contribution >= 0.6 is 23.2 Å². The van der Waals surface area contributed by atoms with Crippen LogP contribution in [0, 0.1) is 5.82 Å². The molecule has 3 aromatic rings. The molecule has 0 saturated carbocycles. The number of hydrogen-bond acceptors (Lipinski definition) is 3. The average Bonchev–Trinajstić information content (AvgIpc) is 2.94. The van der Waals surface area contributed by atoms with E-state index in [2.05, 4.69) is 4.98 Å². The van der Waals surface area contributed by atoms with E-state index in [1.54, 1.807) is 18.2 Å². The zero-order valence-electron chi connectivity index (χ0n) is 12.3. The number of imidazole rings is 1. The van der Waals surface area contributed by atoms with Crippen LogP contribution in [0.25, 0.3) is 11.0 Å². The van der Waals surface area contributed by atoms with Crippen LogP contribution in [0.2, 0.25) is 10.0 Å². The molecule has 0 aliphatic rings. The predicted octanol–water partition coefficient (Wildman–Crippen LogP) is 5.23. The summed E-state index contributed by atoms with van der Waals surface area (Å²) in [5.41, 5.74) is 0.284. The van der Waals surface area contributed by atoms with Gasteiger partial charge in [-0.1, -0.05) is 35.3 Å². The van der Waals surface area contributed by atoms with Gasteiger partial charge >= 0.3 is 12.5 Å². The van der Waals surface area contributed by atoms with Gasteiger partial charge in [0.25, 0.3) is 0 Å². The number of carbonyl (C=O) groups excluding carboxylic acids is 1. The largest absolute Gasteiger partial charge is 0.454 e. The van der Waals surface area contributed by atoms with Crippen molar-refractivity contribution >= 4 is 40.2 Å². The van der Waals surface area contributed by atoms with Crippen LogP contribution < -0.4 is 0 Å². The molecule has 2 aromatic carbocycles. The van der Waals surface area contributed by atoms with E-state index >= 15 is 0 Å². The van der Waals surface area contributed by atoms with Gasteiger partial charge in [0.15, 0.2) is 5.82 Å². The van der Waals surface area contributed by atoms with Crippen molar-refractivity contribution in [2.24, 2.45) is 0 Å². The predicted molar refractivity (Wildman–Crippen MR) is 86.5 cm³/mol. The van der Waals surface area contributed by atoms with E-state index in [0.717, 1.165) is 12.1 Å². The van der Waals surface area contributed by atoms with Gasteiger partial charge in [0.2, 0.25) is 0 Å². The number of carbonyl (C=O) groups is 1. The highest BCUT2D eigenvalue weighted by molar-refractivity contribution is 6.36. The molecular formula is C16H9Cl2F3N2O2. The van der Waals surface area contributed by atoms with Gasteiger partial charge in [0.05, 0.1) is 26.6 Å². The van der Waals surface area contributed by atoms with E-state index in [0.29, 0.717) is 10.1 Å². The van der Waals surface area contributed by atoms with Crippen LogP contribution in [0.5, 0.6) is 0 Å². The maximum absolute atomic E-state index is 13.5. The van der Waals surface area contributed by atoms with Crippen LogP contribution in [-0.2, 0) is 11.3 Å². The second-order valence-electron chi connectivity index (χ2n) is 4.99. The first-order chi connectivity index (χ1) is 11.9. The SMILES string of the molecule is O=C(OCc1nc2ccccc2n1C(F)F)c1cc(F)c(Cl)cc1Cl. The number of aromatic nitrogens is 2. The van der Waals surface area contributed by atoms with Gasteiger partial charge in [-0.25, -0.2) is 14.2 Å². The van der Waals surface area contributed by atoms with Crippen molar-refractivity contribution < 1.29 is 22.7 Å². The summed E-state index contributed by atoms with van der Waals surface area (Å²) in [4.78, 5) is 16.1. The zero-order chi connectivity index (χ0) is 18.1. The van der Waals surface area contributed by atoms with Gasteiger partial charge < -0.3 is 4.74 Å². The van der Waals surface area contributed by atoms with Gasteiger partial charge in [0.1, 0.15) is 12.4 Å². The second kappa shape index (κ2) is 6.93. The minimum absolute atomic E-state index is 0.112. The molecule has 0 atom stereocenters. The zero-order valence-corrected chi connectivity index (χ0v) is 13.9. The molecule has 1 heterocycles. The van der Waals surface area contributed by atoms with Crippen LogP contribution in [-0.4, -0.2) is 15.5 Å². The highest BCUT2D eigenvalue weighted by Crippen LogP contribution is 2.26. The van der Waals surface area contributed by atoms with E-state index in [1.807, 2.05) is 0 Å². The lowest BCUT2D eigenvalue weighted by Gasteiger charge is -2.09. The fraction of sp³-hybridized carbons (Fsp3) is 0.125. The smallest absolute Gasteiger partial charge is 0.340 e. The van der Waals surface area contributed by atoms with Gasteiger partial charge in [-0.3, -0.25) is 4.57 Å². The molecule has 25 heavy (non-hydrogen) atoms. The number of halogens is 5. The van der Waals surface area contributed by atoms with E-state index in [4.69, 9.17) is 27.9 Å². The van der Waals surface area contributed by atoms with E-state index in [1.165, 1.54) is 6.07 Å². The first-order valence-electron chi connectivity index (χ1n) is 6.94. The Bertz CT molecular complexity index is 960. The molecule has 0 spiro atoms. The topological polar surface area (TPSA) is 44.1 Å². The van der Waals surface area contributed by atoms with Crippen molar-refractivity contribution in [2.75, 3.05) is 0 Å². The van der Waals surface area contributed by atoms with Gasteiger partial charge in [0, 0.05) is 0 Å². The van der Waals surface area contributed by atoms with Crippen LogP contribution in [0.4, 0.5) is 13.2 Å². The Labute approximate surface area is 149 Å². The van der Waals surface area contributed by atoms with Crippen molar-refractivity contribution in [3.63, 3.8) is 0 Å². The number of para-hydroxylation sites is 2. The van der Waals surface area contributed by atoms with E-state index in [9.17, 15) is 18.0 Å². The summed E-state index contributed by atoms with van der Waals surface area (Å²) in [6.07, 6.45) is 0. The molecule has 0 N–H and O–H groups in total. The van der Waals surface area contributed by atoms with Crippen LogP contribution in [0.1, 0.15) is 22.7 Å². The van der Waals surface area contributed by atoms with Gasteiger partial charge in [-0.2, -0.15) is 8.78 Å². The van der Waals surface area contributed by atoms with E-state index in [-0.39, 0.29) is 26.9 Å². The van der Waals surface area contributed by atoms with Crippen molar-refractivity contribution in [2.45, 2.75) is 13.2 Å². The molecular weight excluding hydrogens is 380 g/mol. The Morgan fingerprint density at radius 3 is 2.64 bits per heavy atom. The molecule has 1 aromatic heterocycles. The molecule has 9 heteroatoms. The number of esters is 1. The van der Waals surface area contributed by atoms with Crippen molar-refractivity contribution in [1.82, 2.24) is 9.55 Å². The third-order valence-electron chi connectivity index (χ3n) is 3.43. The molecule has 0 amide bonds. The highest BCUT2D eigenvalue weighted by atomic mass is 35.5. The Morgan fingerprint density at radius 2 is 1.92 bits per heavy atom. The molecule has 3 rings (SSSR count). The molecule has 0 unspecified atom stereocenters. The number of hydrogen-bond donors (Lipinski definition) is 0. The fourth-order valence-corrected chi connectivity index (χ4v) is 2.76.